The zero-order valence-electron chi connectivity index (χ0n) is 13.5. The van der Waals surface area contributed by atoms with Crippen molar-refractivity contribution in [3.05, 3.63) is 60.2 Å². The summed E-state index contributed by atoms with van der Waals surface area (Å²) in [6.07, 6.45) is 1.11. The minimum Gasteiger partial charge on any atom is -0.371 e. The van der Waals surface area contributed by atoms with Crippen LogP contribution >= 0.6 is 0 Å². The summed E-state index contributed by atoms with van der Waals surface area (Å²) in [5.74, 6) is 0.499. The van der Waals surface area contributed by atoms with E-state index in [9.17, 15) is 4.79 Å². The summed E-state index contributed by atoms with van der Waals surface area (Å²) >= 11 is 0. The van der Waals surface area contributed by atoms with E-state index in [0.29, 0.717) is 12.5 Å². The third-order valence-electron chi connectivity index (χ3n) is 4.23. The number of hydrogen-bond acceptors (Lipinski definition) is 2. The molecule has 0 radical (unpaired) electrons. The molecule has 0 unspecified atom stereocenters. The van der Waals surface area contributed by atoms with E-state index in [1.807, 2.05) is 37.3 Å². The third-order valence-corrected chi connectivity index (χ3v) is 4.23. The predicted molar refractivity (Wildman–Crippen MR) is 95.0 cm³/mol. The predicted octanol–water partition coefficient (Wildman–Crippen LogP) is 3.64. The molecule has 4 nitrogen and oxygen atoms in total. The molecule has 4 heteroatoms. The van der Waals surface area contributed by atoms with Gasteiger partial charge in [-0.25, -0.2) is 4.79 Å². The van der Waals surface area contributed by atoms with Crippen molar-refractivity contribution in [2.75, 3.05) is 29.9 Å². The fraction of sp³-hybridized carbons (Fsp3) is 0.316. The van der Waals surface area contributed by atoms with Crippen LogP contribution < -0.4 is 15.5 Å². The van der Waals surface area contributed by atoms with E-state index in [-0.39, 0.29) is 6.03 Å². The Balaban J connectivity index is 1.45. The summed E-state index contributed by atoms with van der Waals surface area (Å²) in [6.45, 7) is 4.77. The van der Waals surface area contributed by atoms with Gasteiger partial charge >= 0.3 is 6.03 Å². The number of aryl methyl sites for hydroxylation is 1. The summed E-state index contributed by atoms with van der Waals surface area (Å²) < 4.78 is 0. The zero-order chi connectivity index (χ0) is 16.1. The van der Waals surface area contributed by atoms with E-state index < -0.39 is 0 Å². The monoisotopic (exact) mass is 309 g/mol. The first kappa shape index (κ1) is 15.4. The summed E-state index contributed by atoms with van der Waals surface area (Å²) in [5.41, 5.74) is 3.23. The Morgan fingerprint density at radius 1 is 1.17 bits per heavy atom. The lowest BCUT2D eigenvalue weighted by Gasteiger charge is -2.18. The number of para-hydroxylation sites is 1. The van der Waals surface area contributed by atoms with Crippen LogP contribution in [0.1, 0.15) is 12.0 Å². The SMILES string of the molecule is Cc1cccc(NC(=O)NC[C@@H]2CCN(c3ccccc3)C2)c1. The van der Waals surface area contributed by atoms with Gasteiger partial charge in [-0.1, -0.05) is 30.3 Å². The van der Waals surface area contributed by atoms with E-state index in [4.69, 9.17) is 0 Å². The number of hydrogen-bond donors (Lipinski definition) is 2. The molecule has 2 aromatic carbocycles. The van der Waals surface area contributed by atoms with E-state index in [2.05, 4.69) is 39.8 Å². The smallest absolute Gasteiger partial charge is 0.319 e. The second-order valence-corrected chi connectivity index (χ2v) is 6.14. The van der Waals surface area contributed by atoms with Gasteiger partial charge in [-0.2, -0.15) is 0 Å². The van der Waals surface area contributed by atoms with Crippen molar-refractivity contribution in [3.8, 4) is 0 Å². The fourth-order valence-electron chi connectivity index (χ4n) is 3.01. The second kappa shape index (κ2) is 7.18. The maximum Gasteiger partial charge on any atom is 0.319 e. The largest absolute Gasteiger partial charge is 0.371 e. The number of nitrogens with zero attached hydrogens (tertiary/aromatic N) is 1. The van der Waals surface area contributed by atoms with Crippen molar-refractivity contribution in [1.82, 2.24) is 5.32 Å². The Hall–Kier alpha value is -2.49. The van der Waals surface area contributed by atoms with E-state index in [1.165, 1.54) is 5.69 Å². The molecule has 0 aromatic heterocycles. The maximum absolute atomic E-state index is 12.0. The van der Waals surface area contributed by atoms with Crippen molar-refractivity contribution in [3.63, 3.8) is 0 Å². The highest BCUT2D eigenvalue weighted by atomic mass is 16.2. The van der Waals surface area contributed by atoms with Gasteiger partial charge in [-0.3, -0.25) is 0 Å². The molecule has 23 heavy (non-hydrogen) atoms. The summed E-state index contributed by atoms with van der Waals surface area (Å²) in [5, 5.41) is 5.87. The molecule has 0 bridgehead atoms. The molecule has 2 aromatic rings. The molecule has 0 aliphatic carbocycles. The van der Waals surface area contributed by atoms with Crippen LogP contribution in [0.3, 0.4) is 0 Å². The highest BCUT2D eigenvalue weighted by Crippen LogP contribution is 2.22. The van der Waals surface area contributed by atoms with Crippen molar-refractivity contribution in [2.24, 2.45) is 5.92 Å². The van der Waals surface area contributed by atoms with Crippen LogP contribution in [0.4, 0.5) is 16.2 Å². The molecule has 0 saturated carbocycles. The Morgan fingerprint density at radius 3 is 2.78 bits per heavy atom. The van der Waals surface area contributed by atoms with Gasteiger partial charge in [0.2, 0.25) is 0 Å². The molecule has 2 amide bonds. The number of benzene rings is 2. The van der Waals surface area contributed by atoms with Crippen LogP contribution in [0.2, 0.25) is 0 Å². The number of rotatable bonds is 4. The van der Waals surface area contributed by atoms with E-state index >= 15 is 0 Å². The van der Waals surface area contributed by atoms with Gasteiger partial charge in [-0.05, 0) is 49.1 Å². The normalized spacial score (nSPS) is 17.1. The molecule has 1 saturated heterocycles. The minimum atomic E-state index is -0.131. The third kappa shape index (κ3) is 4.25. The van der Waals surface area contributed by atoms with Gasteiger partial charge in [0, 0.05) is 31.0 Å². The molecule has 1 aliphatic rings. The van der Waals surface area contributed by atoms with Gasteiger partial charge in [0.1, 0.15) is 0 Å². The van der Waals surface area contributed by atoms with Crippen molar-refractivity contribution in [1.29, 1.82) is 0 Å². The van der Waals surface area contributed by atoms with Gasteiger partial charge in [0.15, 0.2) is 0 Å². The number of urea groups is 1. The first-order valence-corrected chi connectivity index (χ1v) is 8.12. The number of carbonyl (C=O) groups excluding carboxylic acids is 1. The second-order valence-electron chi connectivity index (χ2n) is 6.14. The van der Waals surface area contributed by atoms with Crippen molar-refractivity contribution < 1.29 is 4.79 Å². The zero-order valence-corrected chi connectivity index (χ0v) is 13.5. The molecule has 1 aliphatic heterocycles. The molecule has 1 heterocycles. The molecule has 0 spiro atoms. The Labute approximate surface area is 137 Å². The van der Waals surface area contributed by atoms with E-state index in [1.54, 1.807) is 0 Å². The quantitative estimate of drug-likeness (QED) is 0.905. The maximum atomic E-state index is 12.0. The van der Waals surface area contributed by atoms with Crippen LogP contribution in [0, 0.1) is 12.8 Å². The lowest BCUT2D eigenvalue weighted by atomic mass is 10.1. The standard InChI is InChI=1S/C19H23N3O/c1-15-6-5-7-17(12-15)21-19(23)20-13-16-10-11-22(14-16)18-8-3-2-4-9-18/h2-9,12,16H,10-11,13-14H2,1H3,(H2,20,21,23)/t16-/m0/s1. The highest BCUT2D eigenvalue weighted by molar-refractivity contribution is 5.89. The number of anilines is 2. The Morgan fingerprint density at radius 2 is 2.00 bits per heavy atom. The number of nitrogens with one attached hydrogen (secondary N) is 2. The van der Waals surface area contributed by atoms with Gasteiger partial charge < -0.3 is 15.5 Å². The highest BCUT2D eigenvalue weighted by Gasteiger charge is 2.22. The average molecular weight is 309 g/mol. The number of amides is 2. The summed E-state index contributed by atoms with van der Waals surface area (Å²) in [7, 11) is 0. The van der Waals surface area contributed by atoms with Crippen LogP contribution in [-0.4, -0.2) is 25.7 Å². The first-order valence-electron chi connectivity index (χ1n) is 8.12. The lowest BCUT2D eigenvalue weighted by Crippen LogP contribution is -2.34. The van der Waals surface area contributed by atoms with Crippen LogP contribution in [0.15, 0.2) is 54.6 Å². The Kier molecular flexibility index (Phi) is 4.81. The number of carbonyl (C=O) groups is 1. The minimum absolute atomic E-state index is 0.131. The topological polar surface area (TPSA) is 44.4 Å². The average Bonchev–Trinajstić information content (AvgIpc) is 3.03. The van der Waals surface area contributed by atoms with Crippen molar-refractivity contribution in [2.45, 2.75) is 13.3 Å². The van der Waals surface area contributed by atoms with Crippen LogP contribution in [-0.2, 0) is 0 Å². The summed E-state index contributed by atoms with van der Waals surface area (Å²) in [4.78, 5) is 14.4. The lowest BCUT2D eigenvalue weighted by molar-refractivity contribution is 0.250. The molecule has 120 valence electrons. The van der Waals surface area contributed by atoms with E-state index in [0.717, 1.165) is 30.8 Å². The van der Waals surface area contributed by atoms with Crippen LogP contribution in [0.25, 0.3) is 0 Å². The van der Waals surface area contributed by atoms with Crippen molar-refractivity contribution >= 4 is 17.4 Å². The molecular formula is C19H23N3O. The molecule has 2 N–H and O–H groups in total. The van der Waals surface area contributed by atoms with Gasteiger partial charge in [0.05, 0.1) is 0 Å². The summed E-state index contributed by atoms with van der Waals surface area (Å²) in [6, 6.07) is 18.1. The van der Waals surface area contributed by atoms with Gasteiger partial charge in [-0.15, -0.1) is 0 Å². The fourth-order valence-corrected chi connectivity index (χ4v) is 3.01. The first-order chi connectivity index (χ1) is 11.2. The van der Waals surface area contributed by atoms with Crippen LogP contribution in [0.5, 0.6) is 0 Å². The van der Waals surface area contributed by atoms with Gasteiger partial charge in [0.25, 0.3) is 0 Å². The molecule has 3 rings (SSSR count). The molecule has 1 atom stereocenters. The molecular weight excluding hydrogens is 286 g/mol. The molecule has 1 fully saturated rings. The Bertz CT molecular complexity index is 657.